The Bertz CT molecular complexity index is 909. The largest absolute Gasteiger partial charge is 0.441 e. The number of hydrogen-bond donors (Lipinski definition) is 1. The standard InChI is InChI=1S/C19H17F3N2O/c1-12-24-17-15(8-9-16(11-23)18(17)25-12)7-6-13-2-4-14(5-3-13)10-19(20,21)22/h2-9H,10-11,23H2,1H3/b7-6+. The fourth-order valence-electron chi connectivity index (χ4n) is 2.64. The van der Waals surface area contributed by atoms with Crippen LogP contribution in [0.25, 0.3) is 23.3 Å². The van der Waals surface area contributed by atoms with Crippen molar-refractivity contribution in [2.75, 3.05) is 0 Å². The summed E-state index contributed by atoms with van der Waals surface area (Å²) < 4.78 is 42.8. The smallest absolute Gasteiger partial charge is 0.393 e. The lowest BCUT2D eigenvalue weighted by Crippen LogP contribution is -2.11. The molecule has 0 radical (unpaired) electrons. The van der Waals surface area contributed by atoms with E-state index in [0.29, 0.717) is 18.0 Å². The van der Waals surface area contributed by atoms with Gasteiger partial charge in [-0.3, -0.25) is 0 Å². The van der Waals surface area contributed by atoms with Crippen molar-refractivity contribution in [1.82, 2.24) is 4.98 Å². The van der Waals surface area contributed by atoms with Gasteiger partial charge in [0.15, 0.2) is 11.5 Å². The maximum Gasteiger partial charge on any atom is 0.393 e. The Morgan fingerprint density at radius 2 is 1.80 bits per heavy atom. The molecule has 0 aliphatic heterocycles. The number of alkyl halides is 3. The van der Waals surface area contributed by atoms with Crippen molar-refractivity contribution in [3.05, 3.63) is 64.5 Å². The highest BCUT2D eigenvalue weighted by Crippen LogP contribution is 2.25. The summed E-state index contributed by atoms with van der Waals surface area (Å²) in [5.74, 6) is 0.557. The van der Waals surface area contributed by atoms with Gasteiger partial charge in [0.25, 0.3) is 0 Å². The molecule has 0 aliphatic carbocycles. The summed E-state index contributed by atoms with van der Waals surface area (Å²) in [6.45, 7) is 2.13. The van der Waals surface area contributed by atoms with Gasteiger partial charge in [0.1, 0.15) is 5.52 Å². The molecule has 0 aliphatic rings. The van der Waals surface area contributed by atoms with Gasteiger partial charge >= 0.3 is 6.18 Å². The molecule has 25 heavy (non-hydrogen) atoms. The van der Waals surface area contributed by atoms with Crippen molar-refractivity contribution < 1.29 is 17.6 Å². The number of nitrogens with zero attached hydrogens (tertiary/aromatic N) is 1. The molecule has 2 aromatic carbocycles. The molecule has 2 N–H and O–H groups in total. The molecule has 130 valence electrons. The van der Waals surface area contributed by atoms with E-state index >= 15 is 0 Å². The van der Waals surface area contributed by atoms with E-state index < -0.39 is 12.6 Å². The Hall–Kier alpha value is -2.60. The van der Waals surface area contributed by atoms with Crippen molar-refractivity contribution in [3.8, 4) is 0 Å². The van der Waals surface area contributed by atoms with Gasteiger partial charge in [-0.05, 0) is 11.1 Å². The molecule has 0 fully saturated rings. The summed E-state index contributed by atoms with van der Waals surface area (Å²) in [5, 5.41) is 0. The average molecular weight is 346 g/mol. The van der Waals surface area contributed by atoms with Crippen LogP contribution in [0.1, 0.15) is 28.1 Å². The molecule has 0 saturated carbocycles. The first-order valence-electron chi connectivity index (χ1n) is 7.78. The van der Waals surface area contributed by atoms with E-state index in [2.05, 4.69) is 4.98 Å². The zero-order chi connectivity index (χ0) is 18.0. The average Bonchev–Trinajstić information content (AvgIpc) is 2.94. The summed E-state index contributed by atoms with van der Waals surface area (Å²) in [6.07, 6.45) is -1.42. The maximum atomic E-state index is 12.4. The molecule has 0 spiro atoms. The molecule has 0 amide bonds. The number of benzene rings is 2. The van der Waals surface area contributed by atoms with E-state index in [4.69, 9.17) is 10.2 Å². The lowest BCUT2D eigenvalue weighted by molar-refractivity contribution is -0.127. The molecule has 0 atom stereocenters. The molecule has 0 bridgehead atoms. The van der Waals surface area contributed by atoms with Gasteiger partial charge < -0.3 is 10.2 Å². The molecule has 0 saturated heterocycles. The van der Waals surface area contributed by atoms with Gasteiger partial charge in [-0.2, -0.15) is 13.2 Å². The summed E-state index contributed by atoms with van der Waals surface area (Å²) >= 11 is 0. The number of nitrogens with two attached hydrogens (primary N) is 1. The third-order valence-corrected chi connectivity index (χ3v) is 3.82. The second kappa shape index (κ2) is 6.72. The van der Waals surface area contributed by atoms with E-state index in [9.17, 15) is 13.2 Å². The zero-order valence-corrected chi connectivity index (χ0v) is 13.6. The quantitative estimate of drug-likeness (QED) is 0.686. The van der Waals surface area contributed by atoms with Crippen molar-refractivity contribution >= 4 is 23.3 Å². The topological polar surface area (TPSA) is 52.0 Å². The number of hydrogen-bond acceptors (Lipinski definition) is 3. The van der Waals surface area contributed by atoms with Gasteiger partial charge in [-0.15, -0.1) is 0 Å². The fraction of sp³-hybridized carbons (Fsp3) is 0.211. The van der Waals surface area contributed by atoms with Crippen LogP contribution in [0.3, 0.4) is 0 Å². The zero-order valence-electron chi connectivity index (χ0n) is 13.6. The van der Waals surface area contributed by atoms with Crippen LogP contribution in [-0.4, -0.2) is 11.2 Å². The van der Waals surface area contributed by atoms with Gasteiger partial charge in [0, 0.05) is 24.6 Å². The third kappa shape index (κ3) is 4.09. The minimum absolute atomic E-state index is 0.242. The predicted octanol–water partition coefficient (Wildman–Crippen LogP) is 4.87. The first kappa shape index (κ1) is 17.2. The highest BCUT2D eigenvalue weighted by Gasteiger charge is 2.27. The Balaban J connectivity index is 1.86. The van der Waals surface area contributed by atoms with Crippen LogP contribution in [-0.2, 0) is 13.0 Å². The highest BCUT2D eigenvalue weighted by molar-refractivity contribution is 5.89. The Kier molecular flexibility index (Phi) is 4.63. The number of rotatable bonds is 4. The molecular weight excluding hydrogens is 329 g/mol. The molecule has 3 nitrogen and oxygen atoms in total. The van der Waals surface area contributed by atoms with Crippen molar-refractivity contribution in [3.63, 3.8) is 0 Å². The molecule has 3 rings (SSSR count). The Morgan fingerprint density at radius 1 is 1.08 bits per heavy atom. The fourth-order valence-corrected chi connectivity index (χ4v) is 2.64. The molecule has 1 aromatic heterocycles. The second-order valence-electron chi connectivity index (χ2n) is 5.80. The summed E-state index contributed by atoms with van der Waals surface area (Å²) in [4.78, 5) is 4.39. The SMILES string of the molecule is Cc1nc2c(/C=C/c3ccc(CC(F)(F)F)cc3)ccc(CN)c2o1. The number of oxazole rings is 1. The normalized spacial score (nSPS) is 12.4. The van der Waals surface area contributed by atoms with Crippen LogP contribution >= 0.6 is 0 Å². The number of fused-ring (bicyclic) bond motifs is 1. The van der Waals surface area contributed by atoms with Gasteiger partial charge in [0.05, 0.1) is 6.42 Å². The van der Waals surface area contributed by atoms with Gasteiger partial charge in [-0.1, -0.05) is 48.6 Å². The molecule has 1 heterocycles. The third-order valence-electron chi connectivity index (χ3n) is 3.82. The van der Waals surface area contributed by atoms with Crippen LogP contribution in [0.15, 0.2) is 40.8 Å². The van der Waals surface area contributed by atoms with Gasteiger partial charge in [-0.25, -0.2) is 4.98 Å². The van der Waals surface area contributed by atoms with Crippen molar-refractivity contribution in [2.45, 2.75) is 26.1 Å². The lowest BCUT2D eigenvalue weighted by atomic mass is 10.1. The number of halogens is 3. The first-order chi connectivity index (χ1) is 11.9. The monoisotopic (exact) mass is 346 g/mol. The maximum absolute atomic E-state index is 12.4. The summed E-state index contributed by atoms with van der Waals surface area (Å²) in [5.41, 5.74) is 9.90. The van der Waals surface area contributed by atoms with E-state index in [1.807, 2.05) is 24.3 Å². The summed E-state index contributed by atoms with van der Waals surface area (Å²) in [6, 6.07) is 10.1. The minimum atomic E-state index is -4.20. The predicted molar refractivity (Wildman–Crippen MR) is 91.8 cm³/mol. The van der Waals surface area contributed by atoms with E-state index in [1.165, 1.54) is 12.1 Å². The Labute approximate surface area is 143 Å². The molecule has 3 aromatic rings. The van der Waals surface area contributed by atoms with Crippen LogP contribution in [0.2, 0.25) is 0 Å². The number of aryl methyl sites for hydroxylation is 1. The van der Waals surface area contributed by atoms with Crippen LogP contribution < -0.4 is 5.73 Å². The van der Waals surface area contributed by atoms with Crippen molar-refractivity contribution in [2.24, 2.45) is 5.73 Å². The highest BCUT2D eigenvalue weighted by atomic mass is 19.4. The van der Waals surface area contributed by atoms with E-state index in [1.54, 1.807) is 19.1 Å². The number of aromatic nitrogens is 1. The molecule has 6 heteroatoms. The van der Waals surface area contributed by atoms with Crippen molar-refractivity contribution in [1.29, 1.82) is 0 Å². The van der Waals surface area contributed by atoms with Gasteiger partial charge in [0.2, 0.25) is 0 Å². The van der Waals surface area contributed by atoms with Crippen LogP contribution in [0, 0.1) is 6.92 Å². The molecule has 0 unspecified atom stereocenters. The lowest BCUT2D eigenvalue weighted by Gasteiger charge is -2.06. The Morgan fingerprint density at radius 3 is 2.44 bits per heavy atom. The minimum Gasteiger partial charge on any atom is -0.441 e. The van der Waals surface area contributed by atoms with E-state index in [0.717, 1.165) is 22.2 Å². The first-order valence-corrected chi connectivity index (χ1v) is 7.78. The van der Waals surface area contributed by atoms with E-state index in [-0.39, 0.29) is 5.56 Å². The van der Waals surface area contributed by atoms with Crippen LogP contribution in [0.5, 0.6) is 0 Å². The summed E-state index contributed by atoms with van der Waals surface area (Å²) in [7, 11) is 0. The second-order valence-corrected chi connectivity index (χ2v) is 5.80. The molecular formula is C19H17F3N2O. The van der Waals surface area contributed by atoms with Crippen LogP contribution in [0.4, 0.5) is 13.2 Å².